The van der Waals surface area contributed by atoms with E-state index in [1.165, 1.54) is 11.4 Å². The number of nitrogens with two attached hydrogens (primary N) is 1. The van der Waals surface area contributed by atoms with Crippen molar-refractivity contribution in [2.75, 3.05) is 6.54 Å². The first kappa shape index (κ1) is 20.6. The number of para-hydroxylation sites is 1. The molecule has 0 spiro atoms. The Morgan fingerprint density at radius 2 is 1.87 bits per heavy atom. The number of carbonyl (C=O) groups is 1. The van der Waals surface area contributed by atoms with E-state index in [-0.39, 0.29) is 28.1 Å². The van der Waals surface area contributed by atoms with E-state index in [1.807, 2.05) is 54.7 Å². The third-order valence-electron chi connectivity index (χ3n) is 4.86. The summed E-state index contributed by atoms with van der Waals surface area (Å²) in [5.74, 6) is -0.576. The maximum atomic E-state index is 12.7. The molecule has 1 atom stereocenters. The van der Waals surface area contributed by atoms with E-state index in [9.17, 15) is 13.2 Å². The number of sulfonamides is 1. The summed E-state index contributed by atoms with van der Waals surface area (Å²) in [5, 5.41) is 11.2. The predicted octanol–water partition coefficient (Wildman–Crippen LogP) is 4.09. The molecule has 4 aromatic rings. The van der Waals surface area contributed by atoms with Crippen LogP contribution in [0.1, 0.15) is 27.4 Å². The number of nitrogens with one attached hydrogen (secondary N) is 2. The number of amides is 1. The number of carbonyl (C=O) groups excluding carboxylic acids is 1. The van der Waals surface area contributed by atoms with Crippen LogP contribution >= 0.6 is 22.9 Å². The highest BCUT2D eigenvalue weighted by Gasteiger charge is 2.22. The predicted molar refractivity (Wildman–Crippen MR) is 120 cm³/mol. The van der Waals surface area contributed by atoms with Crippen LogP contribution in [0.2, 0.25) is 5.02 Å². The number of hydrogen-bond donors (Lipinski definition) is 3. The number of thiophene rings is 1. The second-order valence-corrected chi connectivity index (χ2v) is 9.88. The lowest BCUT2D eigenvalue weighted by Gasteiger charge is -2.19. The first-order valence-corrected chi connectivity index (χ1v) is 11.8. The van der Waals surface area contributed by atoms with Crippen molar-refractivity contribution >= 4 is 49.8 Å². The van der Waals surface area contributed by atoms with E-state index in [0.717, 1.165) is 33.4 Å². The van der Waals surface area contributed by atoms with Gasteiger partial charge in [0.15, 0.2) is 0 Å². The minimum absolute atomic E-state index is 0.0491. The van der Waals surface area contributed by atoms with Gasteiger partial charge in [-0.1, -0.05) is 48.0 Å². The van der Waals surface area contributed by atoms with Gasteiger partial charge in [-0.3, -0.25) is 4.79 Å². The third-order valence-corrected chi connectivity index (χ3v) is 7.59. The SMILES string of the molecule is NS(=O)(=O)c1cc(C(=O)NC[C@@H](c2ccccc2Cl)c2c[nH]c3ccccc23)cs1. The van der Waals surface area contributed by atoms with Gasteiger partial charge in [-0.05, 0) is 29.3 Å². The van der Waals surface area contributed by atoms with Crippen LogP contribution in [0.25, 0.3) is 10.9 Å². The van der Waals surface area contributed by atoms with Crippen molar-refractivity contribution < 1.29 is 13.2 Å². The van der Waals surface area contributed by atoms with Gasteiger partial charge in [0.25, 0.3) is 5.91 Å². The van der Waals surface area contributed by atoms with Crippen molar-refractivity contribution in [3.8, 4) is 0 Å². The number of aromatic amines is 1. The molecule has 4 N–H and O–H groups in total. The highest BCUT2D eigenvalue weighted by atomic mass is 35.5. The molecule has 2 aromatic carbocycles. The quantitative estimate of drug-likeness (QED) is 0.404. The standard InChI is InChI=1S/C21H18ClN3O3S2/c22-18-7-3-1-5-14(18)16(17-10-24-19-8-4-2-6-15(17)19)11-25-21(26)13-9-20(29-12-13)30(23,27)28/h1-10,12,16,24H,11H2,(H,25,26)(H2,23,27,28)/t16-/m0/s1. The average molecular weight is 460 g/mol. The smallest absolute Gasteiger partial charge is 0.252 e. The van der Waals surface area contributed by atoms with E-state index in [0.29, 0.717) is 5.02 Å². The zero-order valence-electron chi connectivity index (χ0n) is 15.6. The van der Waals surface area contributed by atoms with Gasteiger partial charge in [-0.25, -0.2) is 13.6 Å². The number of halogens is 1. The van der Waals surface area contributed by atoms with Gasteiger partial charge < -0.3 is 10.3 Å². The minimum atomic E-state index is -3.84. The van der Waals surface area contributed by atoms with Crippen LogP contribution in [0.3, 0.4) is 0 Å². The Morgan fingerprint density at radius 1 is 1.13 bits per heavy atom. The van der Waals surface area contributed by atoms with Gasteiger partial charge in [-0.2, -0.15) is 0 Å². The Bertz CT molecular complexity index is 1330. The number of aromatic nitrogens is 1. The van der Waals surface area contributed by atoms with Crippen molar-refractivity contribution in [3.63, 3.8) is 0 Å². The lowest BCUT2D eigenvalue weighted by molar-refractivity contribution is 0.0953. The van der Waals surface area contributed by atoms with E-state index in [1.54, 1.807) is 0 Å². The summed E-state index contributed by atoms with van der Waals surface area (Å²) in [7, 11) is -3.84. The number of benzene rings is 2. The molecule has 0 aliphatic carbocycles. The molecule has 2 aromatic heterocycles. The molecule has 30 heavy (non-hydrogen) atoms. The molecular formula is C21H18ClN3O3S2. The monoisotopic (exact) mass is 459 g/mol. The Kier molecular flexibility index (Phi) is 5.66. The maximum Gasteiger partial charge on any atom is 0.252 e. The molecule has 0 saturated carbocycles. The third kappa shape index (κ3) is 4.13. The van der Waals surface area contributed by atoms with Crippen molar-refractivity contribution in [3.05, 3.63) is 87.9 Å². The van der Waals surface area contributed by atoms with Crippen molar-refractivity contribution in [1.82, 2.24) is 10.3 Å². The van der Waals surface area contributed by atoms with E-state index >= 15 is 0 Å². The maximum absolute atomic E-state index is 12.7. The molecule has 9 heteroatoms. The fraction of sp³-hybridized carbons (Fsp3) is 0.0952. The van der Waals surface area contributed by atoms with E-state index < -0.39 is 10.0 Å². The summed E-state index contributed by atoms with van der Waals surface area (Å²) >= 11 is 7.39. The fourth-order valence-corrected chi connectivity index (χ4v) is 5.26. The molecular weight excluding hydrogens is 442 g/mol. The molecule has 0 unspecified atom stereocenters. The summed E-state index contributed by atoms with van der Waals surface area (Å²) in [6.07, 6.45) is 1.93. The first-order valence-electron chi connectivity index (χ1n) is 9.04. The summed E-state index contributed by atoms with van der Waals surface area (Å²) in [5.41, 5.74) is 3.14. The highest BCUT2D eigenvalue weighted by molar-refractivity contribution is 7.91. The fourth-order valence-electron chi connectivity index (χ4n) is 3.41. The minimum Gasteiger partial charge on any atom is -0.361 e. The molecule has 0 fully saturated rings. The molecule has 2 heterocycles. The Hall–Kier alpha value is -2.65. The van der Waals surface area contributed by atoms with Gasteiger partial charge in [0, 0.05) is 40.0 Å². The van der Waals surface area contributed by atoms with E-state index in [4.69, 9.17) is 16.7 Å². The van der Waals surface area contributed by atoms with Gasteiger partial charge in [0.05, 0.1) is 5.56 Å². The Morgan fingerprint density at radius 3 is 2.60 bits per heavy atom. The average Bonchev–Trinajstić information content (AvgIpc) is 3.37. The van der Waals surface area contributed by atoms with Gasteiger partial charge >= 0.3 is 0 Å². The van der Waals surface area contributed by atoms with Crippen LogP contribution in [-0.4, -0.2) is 25.9 Å². The summed E-state index contributed by atoms with van der Waals surface area (Å²) < 4.78 is 22.9. The number of fused-ring (bicyclic) bond motifs is 1. The normalized spacial score (nSPS) is 12.7. The molecule has 0 aliphatic rings. The molecule has 0 aliphatic heterocycles. The molecule has 154 valence electrons. The van der Waals surface area contributed by atoms with Crippen LogP contribution < -0.4 is 10.5 Å². The van der Waals surface area contributed by atoms with Crippen molar-refractivity contribution in [2.45, 2.75) is 10.1 Å². The van der Waals surface area contributed by atoms with Gasteiger partial charge in [-0.15, -0.1) is 11.3 Å². The van der Waals surface area contributed by atoms with Gasteiger partial charge in [0.2, 0.25) is 10.0 Å². The summed E-state index contributed by atoms with van der Waals surface area (Å²) in [6.45, 7) is 0.283. The zero-order valence-corrected chi connectivity index (χ0v) is 18.0. The molecule has 6 nitrogen and oxygen atoms in total. The highest BCUT2D eigenvalue weighted by Crippen LogP contribution is 2.34. The first-order chi connectivity index (χ1) is 14.3. The van der Waals surface area contributed by atoms with E-state index in [2.05, 4.69) is 10.3 Å². The second kappa shape index (κ2) is 8.23. The lowest BCUT2D eigenvalue weighted by atomic mass is 9.90. The van der Waals surface area contributed by atoms with Crippen LogP contribution in [0.5, 0.6) is 0 Å². The molecule has 4 rings (SSSR count). The van der Waals surface area contributed by atoms with Crippen LogP contribution in [-0.2, 0) is 10.0 Å². The molecule has 0 radical (unpaired) electrons. The topological polar surface area (TPSA) is 105 Å². The second-order valence-electron chi connectivity index (χ2n) is 6.77. The molecule has 0 saturated heterocycles. The number of hydrogen-bond acceptors (Lipinski definition) is 4. The van der Waals surface area contributed by atoms with Crippen molar-refractivity contribution in [2.24, 2.45) is 5.14 Å². The zero-order chi connectivity index (χ0) is 21.3. The van der Waals surface area contributed by atoms with Crippen LogP contribution in [0.4, 0.5) is 0 Å². The molecule has 1 amide bonds. The summed E-state index contributed by atoms with van der Waals surface area (Å²) in [4.78, 5) is 15.9. The van der Waals surface area contributed by atoms with Crippen molar-refractivity contribution in [1.29, 1.82) is 0 Å². The van der Waals surface area contributed by atoms with Crippen LogP contribution in [0.15, 0.2) is 70.4 Å². The number of primary sulfonamides is 1. The molecule has 0 bridgehead atoms. The largest absolute Gasteiger partial charge is 0.361 e. The lowest BCUT2D eigenvalue weighted by Crippen LogP contribution is -2.28. The Labute approximate surface area is 182 Å². The number of H-pyrrole nitrogens is 1. The van der Waals surface area contributed by atoms with Crippen LogP contribution in [0, 0.1) is 0 Å². The number of rotatable bonds is 6. The van der Waals surface area contributed by atoms with Gasteiger partial charge in [0.1, 0.15) is 4.21 Å². The Balaban J connectivity index is 1.65. The summed E-state index contributed by atoms with van der Waals surface area (Å²) in [6, 6.07) is 16.7.